The molecule has 6 atom stereocenters. The van der Waals surface area contributed by atoms with E-state index in [0.717, 1.165) is 25.7 Å². The molecule has 1 aliphatic rings. The molecular weight excluding hydrogens is 753 g/mol. The van der Waals surface area contributed by atoms with Crippen LogP contribution in [0.2, 0.25) is 0 Å². The number of aromatic nitrogens is 4. The van der Waals surface area contributed by atoms with Crippen molar-refractivity contribution in [1.82, 2.24) is 19.6 Å². The first-order valence-corrected chi connectivity index (χ1v) is 21.9. The van der Waals surface area contributed by atoms with Crippen molar-refractivity contribution < 1.29 is 43.3 Å². The fourth-order valence-electron chi connectivity index (χ4n) is 7.27. The number of aliphatic hydroxyl groups excluding tert-OH is 2. The van der Waals surface area contributed by atoms with Crippen molar-refractivity contribution in [1.29, 1.82) is 10.5 Å². The van der Waals surface area contributed by atoms with Crippen molar-refractivity contribution in [2.45, 2.75) is 159 Å². The molecule has 3 aromatic rings. The molecule has 0 aromatic carbocycles. The summed E-state index contributed by atoms with van der Waals surface area (Å²) in [6, 6.07) is 10.1. The Kier molecular flexibility index (Phi) is 19.2. The highest BCUT2D eigenvalue weighted by Gasteiger charge is 2.58. The van der Waals surface area contributed by atoms with E-state index in [9.17, 15) is 29.8 Å². The van der Waals surface area contributed by atoms with Crippen molar-refractivity contribution in [3.8, 4) is 12.1 Å². The van der Waals surface area contributed by atoms with Crippen LogP contribution in [0.5, 0.6) is 0 Å². The number of hydrogen-bond acceptors (Lipinski definition) is 13. The third-order valence-corrected chi connectivity index (χ3v) is 11.0. The van der Waals surface area contributed by atoms with Gasteiger partial charge in [-0.25, -0.2) is 19.0 Å². The number of rotatable bonds is 28. The van der Waals surface area contributed by atoms with E-state index in [0.29, 0.717) is 17.7 Å². The molecule has 17 heteroatoms. The summed E-state index contributed by atoms with van der Waals surface area (Å²) in [5.74, 6) is 0.112. The van der Waals surface area contributed by atoms with Gasteiger partial charge < -0.3 is 39.9 Å². The zero-order chi connectivity index (χ0) is 41.1. The minimum atomic E-state index is -5.16. The molecule has 0 radical (unpaired) electrons. The quantitative estimate of drug-likeness (QED) is 0.0407. The number of nitrogens with zero attached hydrogens (tertiary/aromatic N) is 6. The highest BCUT2D eigenvalue weighted by atomic mass is 31.2. The second kappa shape index (κ2) is 23.8. The van der Waals surface area contributed by atoms with E-state index in [-0.39, 0.29) is 30.4 Å². The molecule has 0 saturated carbocycles. The van der Waals surface area contributed by atoms with Crippen LogP contribution >= 0.6 is 7.82 Å². The molecule has 6 N–H and O–H groups in total. The van der Waals surface area contributed by atoms with E-state index in [4.69, 9.17) is 29.7 Å². The first-order chi connectivity index (χ1) is 27.5. The Hall–Kier alpha value is -3.54. The predicted octanol–water partition coefficient (Wildman–Crippen LogP) is 6.15. The number of unbranched alkanes of at least 4 members (excludes halogenated alkanes) is 15. The standard InChI is InChI=1S/C40H60N7O9P/c1-2-3-4-5-6-7-8-9-10-11-12-13-14-15-16-17-22-53-27-35(54-26-30-18-19-31(24-41)44-25-30)33(56-57(50,51)52)23-34-37(48)38(49)40(28-42,55-34)36-21-20-32-39(43)45-29-46-47(32)36/h18-21,25,29,33-35,37-38,48-49H,2-17,22-23,26-27H2,1H3,(H2,43,45,46)(H2,50,51,52)/t33?,34-,35?,37-,38-,40+/m1/s1. The fraction of sp³-hybridized carbons (Fsp3) is 0.675. The summed E-state index contributed by atoms with van der Waals surface area (Å²) in [6.45, 7) is 2.40. The summed E-state index contributed by atoms with van der Waals surface area (Å²) in [7, 11) is -5.16. The van der Waals surface area contributed by atoms with Gasteiger partial charge in [-0.1, -0.05) is 109 Å². The number of phosphoric acid groups is 1. The average molecular weight is 814 g/mol. The maximum Gasteiger partial charge on any atom is 0.469 e. The number of anilines is 1. The van der Waals surface area contributed by atoms with Crippen molar-refractivity contribution in [3.63, 3.8) is 0 Å². The van der Waals surface area contributed by atoms with E-state index in [1.165, 1.54) is 112 Å². The molecule has 57 heavy (non-hydrogen) atoms. The Morgan fingerprint density at radius 1 is 0.912 bits per heavy atom. The summed E-state index contributed by atoms with van der Waals surface area (Å²) in [5, 5.41) is 46.1. The van der Waals surface area contributed by atoms with Crippen LogP contribution in [0.3, 0.4) is 0 Å². The predicted molar refractivity (Wildman–Crippen MR) is 211 cm³/mol. The zero-order valence-corrected chi connectivity index (χ0v) is 33.9. The zero-order valence-electron chi connectivity index (χ0n) is 33.0. The fourth-order valence-corrected chi connectivity index (χ4v) is 7.84. The maximum atomic E-state index is 12.3. The van der Waals surface area contributed by atoms with Crippen LogP contribution in [0.15, 0.2) is 36.8 Å². The molecule has 2 unspecified atom stereocenters. The number of phosphoric ester groups is 1. The van der Waals surface area contributed by atoms with Crippen LogP contribution in [0.1, 0.15) is 133 Å². The molecule has 16 nitrogen and oxygen atoms in total. The molecule has 1 aliphatic heterocycles. The topological polar surface area (TPSA) is 252 Å². The summed E-state index contributed by atoms with van der Waals surface area (Å²) < 4.78 is 37.0. The van der Waals surface area contributed by atoms with Crippen molar-refractivity contribution in [3.05, 3.63) is 53.7 Å². The Morgan fingerprint density at radius 2 is 1.54 bits per heavy atom. The minimum absolute atomic E-state index is 0.0684. The molecular formula is C40H60N7O9P. The molecule has 4 heterocycles. The molecule has 4 rings (SSSR count). The lowest BCUT2D eigenvalue weighted by Gasteiger charge is -2.30. The highest BCUT2D eigenvalue weighted by Crippen LogP contribution is 2.45. The smallest absolute Gasteiger partial charge is 0.388 e. The van der Waals surface area contributed by atoms with Gasteiger partial charge in [0.2, 0.25) is 5.60 Å². The molecule has 0 aliphatic carbocycles. The Balaban J connectivity index is 1.32. The average Bonchev–Trinajstić information content (AvgIpc) is 3.74. The van der Waals surface area contributed by atoms with E-state index >= 15 is 0 Å². The Labute approximate surface area is 335 Å². The number of nitrogens with two attached hydrogens (primary N) is 1. The van der Waals surface area contributed by atoms with Crippen molar-refractivity contribution in [2.24, 2.45) is 0 Å². The van der Waals surface area contributed by atoms with Crippen LogP contribution in [-0.4, -0.2) is 83.3 Å². The lowest BCUT2D eigenvalue weighted by atomic mass is 9.91. The lowest BCUT2D eigenvalue weighted by molar-refractivity contribution is -0.110. The number of hydrogen-bond donors (Lipinski definition) is 5. The normalized spacial score (nSPS) is 20.7. The van der Waals surface area contributed by atoms with E-state index in [2.05, 4.69) is 22.0 Å². The van der Waals surface area contributed by atoms with Gasteiger partial charge in [0.1, 0.15) is 54.1 Å². The first-order valence-electron chi connectivity index (χ1n) is 20.3. The number of nitriles is 2. The Bertz CT molecular complexity index is 1760. The molecule has 1 saturated heterocycles. The van der Waals surface area contributed by atoms with E-state index in [1.54, 1.807) is 6.07 Å². The lowest BCUT2D eigenvalue weighted by Crippen LogP contribution is -2.42. The van der Waals surface area contributed by atoms with Gasteiger partial charge in [0.05, 0.1) is 25.0 Å². The SMILES string of the molecule is CCCCCCCCCCCCCCCCCCOCC(OCc1ccc(C#N)nc1)C(C[C@H]1O[C@@](C#N)(c2ccc3c(N)ncnn23)[C@H](O)[C@@H]1O)OP(=O)(O)O. The monoisotopic (exact) mass is 813 g/mol. The van der Waals surface area contributed by atoms with Gasteiger partial charge in [-0.2, -0.15) is 15.6 Å². The van der Waals surface area contributed by atoms with Gasteiger partial charge in [-0.15, -0.1) is 0 Å². The molecule has 0 amide bonds. The Morgan fingerprint density at radius 3 is 2.11 bits per heavy atom. The van der Waals surface area contributed by atoms with Gasteiger partial charge >= 0.3 is 7.82 Å². The van der Waals surface area contributed by atoms with Crippen LogP contribution in [0.25, 0.3) is 5.52 Å². The number of fused-ring (bicyclic) bond motifs is 1. The summed E-state index contributed by atoms with van der Waals surface area (Å²) in [4.78, 5) is 27.9. The van der Waals surface area contributed by atoms with Crippen LogP contribution in [0.4, 0.5) is 5.82 Å². The number of ether oxygens (including phenoxy) is 3. The molecule has 1 fully saturated rings. The van der Waals surface area contributed by atoms with E-state index in [1.807, 2.05) is 12.1 Å². The summed E-state index contributed by atoms with van der Waals surface area (Å²) in [6.07, 6.45) is 14.6. The van der Waals surface area contributed by atoms with Crippen molar-refractivity contribution >= 4 is 19.2 Å². The van der Waals surface area contributed by atoms with Crippen LogP contribution < -0.4 is 5.73 Å². The van der Waals surface area contributed by atoms with Crippen molar-refractivity contribution in [2.75, 3.05) is 18.9 Å². The third-order valence-electron chi connectivity index (χ3n) is 10.5. The minimum Gasteiger partial charge on any atom is -0.388 e. The molecule has 0 spiro atoms. The second-order valence-electron chi connectivity index (χ2n) is 14.9. The maximum absolute atomic E-state index is 12.3. The van der Waals surface area contributed by atoms with Gasteiger partial charge in [0.25, 0.3) is 0 Å². The van der Waals surface area contributed by atoms with Gasteiger partial charge in [0, 0.05) is 19.2 Å². The van der Waals surface area contributed by atoms with Gasteiger partial charge in [0.15, 0.2) is 5.82 Å². The summed E-state index contributed by atoms with van der Waals surface area (Å²) >= 11 is 0. The third kappa shape index (κ3) is 14.1. The van der Waals surface area contributed by atoms with Gasteiger partial charge in [-0.05, 0) is 30.2 Å². The van der Waals surface area contributed by atoms with Crippen LogP contribution in [-0.2, 0) is 35.5 Å². The molecule has 314 valence electrons. The summed E-state index contributed by atoms with van der Waals surface area (Å²) in [5.41, 5.74) is 5.01. The van der Waals surface area contributed by atoms with Gasteiger partial charge in [-0.3, -0.25) is 4.52 Å². The number of pyridine rings is 1. The highest BCUT2D eigenvalue weighted by molar-refractivity contribution is 7.46. The number of nitrogen functional groups attached to an aromatic ring is 1. The number of aliphatic hydroxyl groups is 2. The van der Waals surface area contributed by atoms with Crippen LogP contribution in [0, 0.1) is 22.7 Å². The second-order valence-corrected chi connectivity index (χ2v) is 16.1. The van der Waals surface area contributed by atoms with E-state index < -0.39 is 50.4 Å². The molecule has 0 bridgehead atoms. The molecule has 3 aromatic heterocycles. The first kappa shape index (κ1) is 46.2. The largest absolute Gasteiger partial charge is 0.469 e.